The lowest BCUT2D eigenvalue weighted by molar-refractivity contribution is 0.0137. The van der Waals surface area contributed by atoms with Gasteiger partial charge in [0.25, 0.3) is 0 Å². The summed E-state index contributed by atoms with van der Waals surface area (Å²) in [6.07, 6.45) is 5.17. The van der Waals surface area contributed by atoms with Crippen LogP contribution in [0.5, 0.6) is 5.75 Å². The number of rotatable bonds is 4. The van der Waals surface area contributed by atoms with Crippen molar-refractivity contribution in [3.8, 4) is 5.75 Å². The molecule has 2 heterocycles. The predicted molar refractivity (Wildman–Crippen MR) is 103 cm³/mol. The Morgan fingerprint density at radius 2 is 1.86 bits per heavy atom. The molecule has 1 saturated carbocycles. The van der Waals surface area contributed by atoms with Crippen molar-refractivity contribution in [2.45, 2.75) is 43.0 Å². The van der Waals surface area contributed by atoms with Crippen LogP contribution in [0.1, 0.15) is 32.1 Å². The molecular formula is C20H29FN2O4S. The monoisotopic (exact) mass is 412 g/mol. The Morgan fingerprint density at radius 1 is 1.14 bits per heavy atom. The van der Waals surface area contributed by atoms with Crippen LogP contribution in [-0.4, -0.2) is 70.2 Å². The molecule has 8 heteroatoms. The summed E-state index contributed by atoms with van der Waals surface area (Å²) in [5.74, 6) is -0.443. The Labute approximate surface area is 166 Å². The van der Waals surface area contributed by atoms with E-state index in [1.165, 1.54) is 30.0 Å². The van der Waals surface area contributed by atoms with E-state index in [-0.39, 0.29) is 10.3 Å². The zero-order valence-corrected chi connectivity index (χ0v) is 17.2. The van der Waals surface area contributed by atoms with Crippen LogP contribution in [-0.2, 0) is 14.8 Å². The van der Waals surface area contributed by atoms with Crippen LogP contribution in [0.15, 0.2) is 23.1 Å². The number of hydrogen-bond acceptors (Lipinski definition) is 5. The maximum Gasteiger partial charge on any atom is 0.245 e. The molecule has 0 amide bonds. The van der Waals surface area contributed by atoms with Crippen molar-refractivity contribution >= 4 is 10.0 Å². The minimum Gasteiger partial charge on any atom is -0.497 e. The summed E-state index contributed by atoms with van der Waals surface area (Å²) >= 11 is 0. The van der Waals surface area contributed by atoms with Gasteiger partial charge in [-0.15, -0.1) is 0 Å². The van der Waals surface area contributed by atoms with Gasteiger partial charge in [-0.25, -0.2) is 12.8 Å². The zero-order valence-electron chi connectivity index (χ0n) is 16.4. The summed E-state index contributed by atoms with van der Waals surface area (Å²) in [5, 5.41) is 0. The van der Waals surface area contributed by atoms with Crippen molar-refractivity contribution in [3.63, 3.8) is 0 Å². The van der Waals surface area contributed by atoms with Gasteiger partial charge >= 0.3 is 0 Å². The van der Waals surface area contributed by atoms with Gasteiger partial charge in [0.2, 0.25) is 10.0 Å². The van der Waals surface area contributed by atoms with Gasteiger partial charge in [0.05, 0.1) is 20.3 Å². The molecule has 156 valence electrons. The highest BCUT2D eigenvalue weighted by Crippen LogP contribution is 2.48. The summed E-state index contributed by atoms with van der Waals surface area (Å²) in [6.45, 7) is 4.54. The summed E-state index contributed by atoms with van der Waals surface area (Å²) in [4.78, 5) is 2.27. The normalized spacial score (nSPS) is 26.6. The second-order valence-corrected chi connectivity index (χ2v) is 10.2. The lowest BCUT2D eigenvalue weighted by atomic mass is 9.77. The standard InChI is InChI=1S/C20H29FN2O4S/c1-26-17-2-3-19(18(21)14-17)28(24,25)23-8-6-20(7-9-23)5-4-16(15-20)22-10-12-27-13-11-22/h2-3,14,16H,4-13,15H2,1H3. The van der Waals surface area contributed by atoms with Crippen molar-refractivity contribution in [1.82, 2.24) is 9.21 Å². The van der Waals surface area contributed by atoms with Crippen molar-refractivity contribution in [2.75, 3.05) is 46.5 Å². The quantitative estimate of drug-likeness (QED) is 0.761. The topological polar surface area (TPSA) is 59.1 Å². The van der Waals surface area contributed by atoms with Crippen LogP contribution < -0.4 is 4.74 Å². The third-order valence-electron chi connectivity index (χ3n) is 6.78. The number of piperidine rings is 1. The Morgan fingerprint density at radius 3 is 2.50 bits per heavy atom. The lowest BCUT2D eigenvalue weighted by Crippen LogP contribution is -2.45. The highest BCUT2D eigenvalue weighted by Gasteiger charge is 2.45. The molecule has 0 bridgehead atoms. The number of morpholine rings is 1. The van der Waals surface area contributed by atoms with Gasteiger partial charge in [-0.1, -0.05) is 0 Å². The molecule has 1 aromatic carbocycles. The SMILES string of the molecule is COc1ccc(S(=O)(=O)N2CCC3(CCC(N4CCOCC4)C3)CC2)c(F)c1. The van der Waals surface area contributed by atoms with Crippen molar-refractivity contribution in [3.05, 3.63) is 24.0 Å². The van der Waals surface area contributed by atoms with Crippen LogP contribution >= 0.6 is 0 Å². The molecular weight excluding hydrogens is 383 g/mol. The van der Waals surface area contributed by atoms with Gasteiger partial charge in [0.15, 0.2) is 0 Å². The maximum absolute atomic E-state index is 14.3. The Balaban J connectivity index is 1.41. The van der Waals surface area contributed by atoms with E-state index in [9.17, 15) is 12.8 Å². The first-order valence-corrected chi connectivity index (χ1v) is 11.5. The highest BCUT2D eigenvalue weighted by atomic mass is 32.2. The molecule has 2 aliphatic heterocycles. The van der Waals surface area contributed by atoms with E-state index in [2.05, 4.69) is 4.90 Å². The minimum atomic E-state index is -3.82. The second kappa shape index (κ2) is 7.89. The Kier molecular flexibility index (Phi) is 5.66. The molecule has 2 saturated heterocycles. The third-order valence-corrected chi connectivity index (χ3v) is 8.71. The molecule has 1 aromatic rings. The summed E-state index contributed by atoms with van der Waals surface area (Å²) < 4.78 is 52.1. The van der Waals surface area contributed by atoms with E-state index in [1.54, 1.807) is 0 Å². The van der Waals surface area contributed by atoms with Crippen LogP contribution in [0, 0.1) is 11.2 Å². The fourth-order valence-corrected chi connectivity index (χ4v) is 6.53. The lowest BCUT2D eigenvalue weighted by Gasteiger charge is -2.40. The zero-order chi connectivity index (χ0) is 19.8. The maximum atomic E-state index is 14.3. The fraction of sp³-hybridized carbons (Fsp3) is 0.700. The van der Waals surface area contributed by atoms with Crippen molar-refractivity contribution < 1.29 is 22.3 Å². The summed E-state index contributed by atoms with van der Waals surface area (Å²) in [7, 11) is -2.39. The summed E-state index contributed by atoms with van der Waals surface area (Å²) in [6, 6.07) is 4.51. The molecule has 0 N–H and O–H groups in total. The van der Waals surface area contributed by atoms with Gasteiger partial charge in [-0.3, -0.25) is 4.90 Å². The van der Waals surface area contributed by atoms with Crippen LogP contribution in [0.4, 0.5) is 4.39 Å². The van der Waals surface area contributed by atoms with E-state index in [1.807, 2.05) is 0 Å². The highest BCUT2D eigenvalue weighted by molar-refractivity contribution is 7.89. The Bertz CT molecular complexity index is 802. The third kappa shape index (κ3) is 3.79. The molecule has 3 fully saturated rings. The molecule has 3 aliphatic rings. The number of benzene rings is 1. The van der Waals surface area contributed by atoms with Gasteiger partial charge < -0.3 is 9.47 Å². The molecule has 1 spiro atoms. The number of ether oxygens (including phenoxy) is 2. The van der Waals surface area contributed by atoms with E-state index in [0.29, 0.717) is 24.9 Å². The average Bonchev–Trinajstić information content (AvgIpc) is 3.12. The number of methoxy groups -OCH3 is 1. The average molecular weight is 413 g/mol. The first-order chi connectivity index (χ1) is 13.4. The number of hydrogen-bond donors (Lipinski definition) is 0. The van der Waals surface area contributed by atoms with Crippen LogP contribution in [0.3, 0.4) is 0 Å². The molecule has 4 rings (SSSR count). The molecule has 6 nitrogen and oxygen atoms in total. The first kappa shape index (κ1) is 20.1. The van der Waals surface area contributed by atoms with Gasteiger partial charge in [0, 0.05) is 38.3 Å². The largest absolute Gasteiger partial charge is 0.497 e. The van der Waals surface area contributed by atoms with Crippen LogP contribution in [0.25, 0.3) is 0 Å². The molecule has 1 unspecified atom stereocenters. The second-order valence-electron chi connectivity index (χ2n) is 8.25. The minimum absolute atomic E-state index is 0.230. The van der Waals surface area contributed by atoms with E-state index >= 15 is 0 Å². The molecule has 1 atom stereocenters. The fourth-order valence-electron chi connectivity index (χ4n) is 5.04. The Hall–Kier alpha value is -1.22. The van der Waals surface area contributed by atoms with E-state index in [0.717, 1.165) is 58.1 Å². The molecule has 1 aliphatic carbocycles. The van der Waals surface area contributed by atoms with Gasteiger partial charge in [-0.05, 0) is 49.7 Å². The van der Waals surface area contributed by atoms with Gasteiger partial charge in [-0.2, -0.15) is 4.31 Å². The predicted octanol–water partition coefficient (Wildman–Crippen LogP) is 2.49. The van der Waals surface area contributed by atoms with Crippen molar-refractivity contribution in [1.29, 1.82) is 0 Å². The molecule has 28 heavy (non-hydrogen) atoms. The smallest absolute Gasteiger partial charge is 0.245 e. The van der Waals surface area contributed by atoms with Crippen molar-refractivity contribution in [2.24, 2.45) is 5.41 Å². The van der Waals surface area contributed by atoms with E-state index in [4.69, 9.17) is 9.47 Å². The van der Waals surface area contributed by atoms with Gasteiger partial charge in [0.1, 0.15) is 16.5 Å². The first-order valence-electron chi connectivity index (χ1n) is 10.1. The molecule has 0 aromatic heterocycles. The number of nitrogens with zero attached hydrogens (tertiary/aromatic N) is 2. The number of halogens is 1. The number of sulfonamides is 1. The molecule has 0 radical (unpaired) electrons. The summed E-state index contributed by atoms with van der Waals surface area (Å²) in [5.41, 5.74) is 0.230. The van der Waals surface area contributed by atoms with E-state index < -0.39 is 15.8 Å². The van der Waals surface area contributed by atoms with Crippen LogP contribution in [0.2, 0.25) is 0 Å².